The van der Waals surface area contributed by atoms with Crippen LogP contribution in [0, 0.1) is 11.3 Å². The van der Waals surface area contributed by atoms with E-state index in [0.29, 0.717) is 5.56 Å². The molecule has 8 nitrogen and oxygen atoms in total. The van der Waals surface area contributed by atoms with E-state index in [1.54, 1.807) is 12.1 Å². The highest BCUT2D eigenvalue weighted by atomic mass is 16.1. The van der Waals surface area contributed by atoms with Crippen LogP contribution in [0.4, 0.5) is 5.95 Å². The monoisotopic (exact) mass is 243 g/mol. The first-order valence-corrected chi connectivity index (χ1v) is 4.94. The molecule has 8 heteroatoms. The van der Waals surface area contributed by atoms with Crippen molar-refractivity contribution < 1.29 is 0 Å². The summed E-state index contributed by atoms with van der Waals surface area (Å²) in [6, 6.07) is 5.17. The Hall–Kier alpha value is -2.79. The zero-order valence-electron chi connectivity index (χ0n) is 9.45. The Balaban J connectivity index is 2.65. The van der Waals surface area contributed by atoms with Gasteiger partial charge in [0.05, 0.1) is 5.56 Å². The molecule has 2 aromatic rings. The number of aromatic nitrogens is 4. The van der Waals surface area contributed by atoms with Gasteiger partial charge in [-0.25, -0.2) is 10.6 Å². The van der Waals surface area contributed by atoms with Crippen LogP contribution in [0.5, 0.6) is 0 Å². The predicted octanol–water partition coefficient (Wildman–Crippen LogP) is -0.592. The summed E-state index contributed by atoms with van der Waals surface area (Å²) in [4.78, 5) is 25.4. The first-order chi connectivity index (χ1) is 8.61. The molecule has 0 fully saturated rings. The number of nitriles is 1. The van der Waals surface area contributed by atoms with Crippen molar-refractivity contribution in [3.63, 3.8) is 0 Å². The number of nitrogens with one attached hydrogen (secondary N) is 1. The SMILES string of the molecule is CN(N)c1nc(-c2ncccc2C#N)[nH]c(=O)n1. The molecule has 0 amide bonds. The zero-order valence-corrected chi connectivity index (χ0v) is 9.45. The normalized spacial score (nSPS) is 9.83. The third-order valence-electron chi connectivity index (χ3n) is 2.11. The van der Waals surface area contributed by atoms with E-state index in [-0.39, 0.29) is 17.5 Å². The third-order valence-corrected chi connectivity index (χ3v) is 2.11. The number of pyridine rings is 1. The van der Waals surface area contributed by atoms with Crippen LogP contribution in [-0.2, 0) is 0 Å². The van der Waals surface area contributed by atoms with E-state index in [0.717, 1.165) is 5.01 Å². The number of hydrogen-bond acceptors (Lipinski definition) is 7. The lowest BCUT2D eigenvalue weighted by atomic mass is 10.2. The molecule has 0 atom stereocenters. The summed E-state index contributed by atoms with van der Waals surface area (Å²) in [6.45, 7) is 0. The summed E-state index contributed by atoms with van der Waals surface area (Å²) in [5, 5.41) is 10.1. The number of hydrogen-bond donors (Lipinski definition) is 2. The maximum atomic E-state index is 11.4. The van der Waals surface area contributed by atoms with Crippen LogP contribution in [0.15, 0.2) is 23.1 Å². The zero-order chi connectivity index (χ0) is 13.1. The van der Waals surface area contributed by atoms with Crippen LogP contribution in [-0.4, -0.2) is 27.0 Å². The van der Waals surface area contributed by atoms with Crippen molar-refractivity contribution in [3.05, 3.63) is 34.4 Å². The van der Waals surface area contributed by atoms with Gasteiger partial charge in [0, 0.05) is 13.2 Å². The first-order valence-electron chi connectivity index (χ1n) is 4.94. The third kappa shape index (κ3) is 2.16. The second-order valence-electron chi connectivity index (χ2n) is 3.42. The second kappa shape index (κ2) is 4.60. The smallest absolute Gasteiger partial charge is 0.288 e. The molecule has 2 rings (SSSR count). The first kappa shape index (κ1) is 11.7. The topological polar surface area (TPSA) is 125 Å². The van der Waals surface area contributed by atoms with Gasteiger partial charge in [-0.3, -0.25) is 15.0 Å². The molecule has 3 N–H and O–H groups in total. The Morgan fingerprint density at radius 1 is 1.50 bits per heavy atom. The average Bonchev–Trinajstić information content (AvgIpc) is 2.38. The van der Waals surface area contributed by atoms with Crippen LogP contribution in [0.1, 0.15) is 5.56 Å². The maximum Gasteiger partial charge on any atom is 0.349 e. The second-order valence-corrected chi connectivity index (χ2v) is 3.42. The molecule has 0 aromatic carbocycles. The number of H-pyrrole nitrogens is 1. The molecule has 90 valence electrons. The van der Waals surface area contributed by atoms with E-state index in [1.165, 1.54) is 13.2 Å². The molecule has 18 heavy (non-hydrogen) atoms. The highest BCUT2D eigenvalue weighted by Crippen LogP contribution is 2.15. The fraction of sp³-hybridized carbons (Fsp3) is 0.100. The molecule has 0 aliphatic heterocycles. The standard InChI is InChI=1S/C10H9N7O/c1-17(12)9-14-8(15-10(18)16-9)7-6(5-11)3-2-4-13-7/h2-4H,12H2,1H3,(H,14,15,16,18). The summed E-state index contributed by atoms with van der Waals surface area (Å²) in [5.41, 5.74) is -0.0260. The lowest BCUT2D eigenvalue weighted by Gasteiger charge is -2.09. The molecule has 0 spiro atoms. The number of rotatable bonds is 2. The van der Waals surface area contributed by atoms with E-state index in [2.05, 4.69) is 19.9 Å². The van der Waals surface area contributed by atoms with E-state index in [1.807, 2.05) is 6.07 Å². The van der Waals surface area contributed by atoms with Crippen LogP contribution in [0.25, 0.3) is 11.5 Å². The van der Waals surface area contributed by atoms with Gasteiger partial charge in [-0.05, 0) is 12.1 Å². The number of nitrogens with two attached hydrogens (primary N) is 1. The molecule has 0 saturated heterocycles. The van der Waals surface area contributed by atoms with Gasteiger partial charge >= 0.3 is 5.69 Å². The minimum absolute atomic E-state index is 0.0447. The lowest BCUT2D eigenvalue weighted by Crippen LogP contribution is -2.30. The Morgan fingerprint density at radius 3 is 2.94 bits per heavy atom. The summed E-state index contributed by atoms with van der Waals surface area (Å²) >= 11 is 0. The van der Waals surface area contributed by atoms with Gasteiger partial charge in [-0.2, -0.15) is 15.2 Å². The molecular formula is C10H9N7O. The Morgan fingerprint density at radius 2 is 2.28 bits per heavy atom. The van der Waals surface area contributed by atoms with Crippen LogP contribution >= 0.6 is 0 Å². The van der Waals surface area contributed by atoms with Crippen molar-refractivity contribution in [1.82, 2.24) is 19.9 Å². The Bertz CT molecular complexity index is 670. The minimum atomic E-state index is -0.609. The Labute approximate surface area is 102 Å². The van der Waals surface area contributed by atoms with Crippen molar-refractivity contribution in [2.24, 2.45) is 5.84 Å². The molecule has 2 aromatic heterocycles. The molecule has 0 bridgehead atoms. The fourth-order valence-electron chi connectivity index (χ4n) is 1.33. The predicted molar refractivity (Wildman–Crippen MR) is 63.2 cm³/mol. The van der Waals surface area contributed by atoms with Crippen molar-refractivity contribution in [2.45, 2.75) is 0 Å². The number of aromatic amines is 1. The molecule has 0 aliphatic rings. The van der Waals surface area contributed by atoms with Crippen molar-refractivity contribution >= 4 is 5.95 Å². The number of nitrogens with zero attached hydrogens (tertiary/aromatic N) is 5. The van der Waals surface area contributed by atoms with E-state index < -0.39 is 5.69 Å². The molecule has 0 aliphatic carbocycles. The lowest BCUT2D eigenvalue weighted by molar-refractivity contribution is 0.883. The summed E-state index contributed by atoms with van der Waals surface area (Å²) < 4.78 is 0. The van der Waals surface area contributed by atoms with Gasteiger partial charge in [-0.1, -0.05) is 0 Å². The van der Waals surface area contributed by atoms with Gasteiger partial charge in [-0.15, -0.1) is 0 Å². The van der Waals surface area contributed by atoms with Crippen molar-refractivity contribution in [3.8, 4) is 17.6 Å². The van der Waals surface area contributed by atoms with Gasteiger partial charge in [0.2, 0.25) is 5.95 Å². The summed E-state index contributed by atoms with van der Waals surface area (Å²) in [6.07, 6.45) is 1.50. The average molecular weight is 243 g/mol. The molecule has 0 unspecified atom stereocenters. The highest BCUT2D eigenvalue weighted by molar-refractivity contribution is 5.59. The quantitative estimate of drug-likeness (QED) is 0.533. The number of anilines is 1. The highest BCUT2D eigenvalue weighted by Gasteiger charge is 2.11. The van der Waals surface area contributed by atoms with Crippen LogP contribution < -0.4 is 16.5 Å². The van der Waals surface area contributed by atoms with Crippen molar-refractivity contribution in [1.29, 1.82) is 5.26 Å². The van der Waals surface area contributed by atoms with E-state index in [4.69, 9.17) is 11.1 Å². The molecule has 0 saturated carbocycles. The molecule has 0 radical (unpaired) electrons. The maximum absolute atomic E-state index is 11.4. The minimum Gasteiger partial charge on any atom is -0.288 e. The van der Waals surface area contributed by atoms with E-state index >= 15 is 0 Å². The van der Waals surface area contributed by atoms with Crippen LogP contribution in [0.2, 0.25) is 0 Å². The molecular weight excluding hydrogens is 234 g/mol. The van der Waals surface area contributed by atoms with Crippen molar-refractivity contribution in [2.75, 3.05) is 12.1 Å². The largest absolute Gasteiger partial charge is 0.349 e. The summed E-state index contributed by atoms with van der Waals surface area (Å²) in [7, 11) is 1.50. The van der Waals surface area contributed by atoms with Gasteiger partial charge in [0.15, 0.2) is 5.82 Å². The van der Waals surface area contributed by atoms with Crippen LogP contribution in [0.3, 0.4) is 0 Å². The van der Waals surface area contributed by atoms with Gasteiger partial charge in [0.1, 0.15) is 11.8 Å². The van der Waals surface area contributed by atoms with E-state index in [9.17, 15) is 4.79 Å². The van der Waals surface area contributed by atoms with Gasteiger partial charge in [0.25, 0.3) is 0 Å². The molecule has 2 heterocycles. The summed E-state index contributed by atoms with van der Waals surface area (Å²) in [5.74, 6) is 5.67. The number of hydrazine groups is 1. The Kier molecular flexibility index (Phi) is 2.99. The van der Waals surface area contributed by atoms with Gasteiger partial charge < -0.3 is 0 Å². The fourth-order valence-corrected chi connectivity index (χ4v) is 1.33.